The second kappa shape index (κ2) is 4.56. The van der Waals surface area contributed by atoms with E-state index in [4.69, 9.17) is 0 Å². The Hall–Kier alpha value is -1.64. The number of nitro benzene ring substituents is 1. The minimum absolute atomic E-state index is 0.0493. The summed E-state index contributed by atoms with van der Waals surface area (Å²) in [4.78, 5) is 23.2. The molecule has 0 bridgehead atoms. The van der Waals surface area contributed by atoms with E-state index in [2.05, 4.69) is 0 Å². The quantitative estimate of drug-likeness (QED) is 0.646. The molecule has 1 N–H and O–H groups in total. The van der Waals surface area contributed by atoms with Gasteiger partial charge in [-0.25, -0.2) is 0 Å². The van der Waals surface area contributed by atoms with E-state index in [1.165, 1.54) is 29.2 Å². The minimum atomic E-state index is -2.95. The van der Waals surface area contributed by atoms with E-state index in [0.29, 0.717) is 0 Å². The maximum Gasteiger partial charge on any atom is 0.270 e. The van der Waals surface area contributed by atoms with E-state index in [0.717, 1.165) is 0 Å². The highest BCUT2D eigenvalue weighted by molar-refractivity contribution is 8.24. The van der Waals surface area contributed by atoms with Crippen molar-refractivity contribution in [2.24, 2.45) is 0 Å². The van der Waals surface area contributed by atoms with Crippen LogP contribution in [0.1, 0.15) is 10.4 Å². The second-order valence-corrected chi connectivity index (χ2v) is 6.19. The Morgan fingerprint density at radius 2 is 2.22 bits per heavy atom. The average Bonchev–Trinajstić information content (AvgIpc) is 2.69. The van der Waals surface area contributed by atoms with Gasteiger partial charge in [0.25, 0.3) is 11.6 Å². The Morgan fingerprint density at radius 1 is 1.50 bits per heavy atom. The summed E-state index contributed by atoms with van der Waals surface area (Å²) in [5, 5.41) is 10.6. The van der Waals surface area contributed by atoms with Crippen LogP contribution in [0.25, 0.3) is 0 Å². The van der Waals surface area contributed by atoms with Crippen LogP contribution in [0.15, 0.2) is 24.3 Å². The van der Waals surface area contributed by atoms with Crippen molar-refractivity contribution in [3.63, 3.8) is 0 Å². The summed E-state index contributed by atoms with van der Waals surface area (Å²) in [7, 11) is -2.95. The average molecular weight is 271 g/mol. The van der Waals surface area contributed by atoms with E-state index in [1.807, 2.05) is 0 Å². The van der Waals surface area contributed by atoms with Crippen molar-refractivity contribution < 1.29 is 18.8 Å². The summed E-state index contributed by atoms with van der Waals surface area (Å²) in [6.07, 6.45) is 0. The minimum Gasteiger partial charge on any atom is -0.766 e. The molecule has 0 spiro atoms. The molecule has 1 amide bonds. The number of nitro groups is 1. The Kier molecular flexibility index (Phi) is 3.24. The largest absolute Gasteiger partial charge is 0.766 e. The molecule has 0 saturated carbocycles. The van der Waals surface area contributed by atoms with Gasteiger partial charge in [-0.05, 0) is 6.07 Å². The molecular formula is C10H11N2O5S-. The molecule has 98 valence electrons. The zero-order valence-electron chi connectivity index (χ0n) is 9.31. The zero-order valence-corrected chi connectivity index (χ0v) is 10.1. The molecule has 0 aliphatic carbocycles. The molecule has 7 nitrogen and oxygen atoms in total. The van der Waals surface area contributed by atoms with E-state index in [9.17, 15) is 24.0 Å². The number of hydrogen-bond acceptors (Lipinski definition) is 5. The van der Waals surface area contributed by atoms with Gasteiger partial charge in [-0.3, -0.25) is 14.9 Å². The number of non-ortho nitro benzene ring substituents is 1. The molecule has 1 unspecified atom stereocenters. The van der Waals surface area contributed by atoms with Gasteiger partial charge in [0.1, 0.15) is 0 Å². The second-order valence-electron chi connectivity index (χ2n) is 3.98. The molecule has 1 aliphatic heterocycles. The van der Waals surface area contributed by atoms with Crippen molar-refractivity contribution in [1.29, 1.82) is 0 Å². The molecule has 0 radical (unpaired) electrons. The smallest absolute Gasteiger partial charge is 0.270 e. The van der Waals surface area contributed by atoms with E-state index in [1.54, 1.807) is 0 Å². The van der Waals surface area contributed by atoms with Gasteiger partial charge in [0.05, 0.1) is 10.8 Å². The molecular weight excluding hydrogens is 260 g/mol. The van der Waals surface area contributed by atoms with E-state index < -0.39 is 21.4 Å². The predicted molar refractivity (Wildman–Crippen MR) is 64.9 cm³/mol. The standard InChI is InChI=1S/C10H12N2O5S/c13-10(11-4-5-18(16,17)7-11)8-2-1-3-9(6-8)12(14)15/h1-3,6,16-17H,4-5,7H2/p-1. The first-order valence-electron chi connectivity index (χ1n) is 5.15. The van der Waals surface area contributed by atoms with Crippen molar-refractivity contribution in [2.45, 2.75) is 0 Å². The highest BCUT2D eigenvalue weighted by atomic mass is 32.3. The van der Waals surface area contributed by atoms with Crippen molar-refractivity contribution in [1.82, 2.24) is 4.90 Å². The van der Waals surface area contributed by atoms with Gasteiger partial charge in [-0.1, -0.05) is 6.07 Å². The fraction of sp³-hybridized carbons (Fsp3) is 0.300. The number of carbonyl (C=O) groups is 1. The Balaban J connectivity index is 2.19. The third kappa shape index (κ3) is 2.61. The Bertz CT molecular complexity index is 505. The van der Waals surface area contributed by atoms with Gasteiger partial charge in [0, 0.05) is 30.0 Å². The molecule has 2 rings (SSSR count). The third-order valence-electron chi connectivity index (χ3n) is 2.63. The third-order valence-corrected chi connectivity index (χ3v) is 4.16. The molecule has 18 heavy (non-hydrogen) atoms. The highest BCUT2D eigenvalue weighted by Crippen LogP contribution is 2.43. The van der Waals surface area contributed by atoms with Crippen LogP contribution in [-0.2, 0) is 0 Å². The lowest BCUT2D eigenvalue weighted by molar-refractivity contribution is -0.384. The van der Waals surface area contributed by atoms with Crippen molar-refractivity contribution in [3.05, 3.63) is 39.9 Å². The van der Waals surface area contributed by atoms with E-state index >= 15 is 0 Å². The van der Waals surface area contributed by atoms with Crippen molar-refractivity contribution >= 4 is 22.2 Å². The number of carbonyl (C=O) groups excluding carboxylic acids is 1. The molecule has 8 heteroatoms. The number of benzene rings is 1. The van der Waals surface area contributed by atoms with Crippen LogP contribution in [0.3, 0.4) is 0 Å². The van der Waals surface area contributed by atoms with Gasteiger partial charge < -0.3 is 24.6 Å². The maximum atomic E-state index is 12.0. The highest BCUT2D eigenvalue weighted by Gasteiger charge is 2.26. The van der Waals surface area contributed by atoms with Crippen molar-refractivity contribution in [3.8, 4) is 0 Å². The summed E-state index contributed by atoms with van der Waals surface area (Å²) in [5.74, 6) is -0.625. The van der Waals surface area contributed by atoms with Crippen LogP contribution >= 0.6 is 10.6 Å². The summed E-state index contributed by atoms with van der Waals surface area (Å²) < 4.78 is 20.7. The van der Waals surface area contributed by atoms with Crippen LogP contribution in [0, 0.1) is 10.1 Å². The van der Waals surface area contributed by atoms with Gasteiger partial charge in [-0.2, -0.15) is 0 Å². The lowest BCUT2D eigenvalue weighted by Crippen LogP contribution is -2.28. The van der Waals surface area contributed by atoms with E-state index in [-0.39, 0.29) is 29.4 Å². The summed E-state index contributed by atoms with van der Waals surface area (Å²) in [6.45, 7) is 0.191. The van der Waals surface area contributed by atoms with Crippen LogP contribution in [-0.4, -0.2) is 43.0 Å². The van der Waals surface area contributed by atoms with Gasteiger partial charge in [0.15, 0.2) is 0 Å². The van der Waals surface area contributed by atoms with Crippen LogP contribution in [0.5, 0.6) is 0 Å². The first-order valence-corrected chi connectivity index (χ1v) is 7.00. The van der Waals surface area contributed by atoms with Crippen molar-refractivity contribution in [2.75, 3.05) is 18.2 Å². The summed E-state index contributed by atoms with van der Waals surface area (Å²) in [6, 6.07) is 5.32. The molecule has 1 aromatic rings. The van der Waals surface area contributed by atoms with Gasteiger partial charge >= 0.3 is 0 Å². The first kappa shape index (κ1) is 12.8. The molecule has 1 atom stereocenters. The number of hydrogen-bond donors (Lipinski definition) is 1. The predicted octanol–water partition coefficient (Wildman–Crippen LogP) is 1.42. The molecule has 0 aromatic heterocycles. The SMILES string of the molecule is O=C(c1cccc([N+](=O)[O-])c1)N1CCS([O-])(O)C1. The fourth-order valence-electron chi connectivity index (χ4n) is 1.72. The fourth-order valence-corrected chi connectivity index (χ4v) is 3.09. The summed E-state index contributed by atoms with van der Waals surface area (Å²) >= 11 is 0. The monoisotopic (exact) mass is 271 g/mol. The zero-order chi connectivity index (χ0) is 13.3. The molecule has 1 heterocycles. The molecule has 1 aromatic carbocycles. The number of nitrogens with zero attached hydrogens (tertiary/aromatic N) is 2. The Labute approximate surface area is 105 Å². The first-order chi connectivity index (χ1) is 8.39. The molecule has 1 fully saturated rings. The summed E-state index contributed by atoms with van der Waals surface area (Å²) in [5.41, 5.74) is -0.0221. The molecule has 1 saturated heterocycles. The molecule has 1 aliphatic rings. The van der Waals surface area contributed by atoms with Gasteiger partial charge in [-0.15, -0.1) is 0 Å². The Morgan fingerprint density at radius 3 is 2.78 bits per heavy atom. The topological polar surface area (TPSA) is 107 Å². The van der Waals surface area contributed by atoms with Crippen LogP contribution in [0.2, 0.25) is 0 Å². The van der Waals surface area contributed by atoms with Crippen LogP contribution in [0.4, 0.5) is 5.69 Å². The van der Waals surface area contributed by atoms with Crippen LogP contribution < -0.4 is 0 Å². The number of amides is 1. The number of rotatable bonds is 2. The normalized spacial score (nSPS) is 26.7. The van der Waals surface area contributed by atoms with Gasteiger partial charge in [0.2, 0.25) is 0 Å². The maximum absolute atomic E-state index is 12.0. The lowest BCUT2D eigenvalue weighted by atomic mass is 10.2. The lowest BCUT2D eigenvalue weighted by Gasteiger charge is -2.40.